The van der Waals surface area contributed by atoms with Crippen LogP contribution in [-0.4, -0.2) is 16.1 Å². The van der Waals surface area contributed by atoms with Crippen LogP contribution in [0.5, 0.6) is 0 Å². The van der Waals surface area contributed by atoms with E-state index in [9.17, 15) is 9.18 Å². The molecule has 6 heteroatoms. The summed E-state index contributed by atoms with van der Waals surface area (Å²) in [6.45, 7) is 0.354. The summed E-state index contributed by atoms with van der Waals surface area (Å²) in [6.07, 6.45) is 3.30. The summed E-state index contributed by atoms with van der Waals surface area (Å²) < 4.78 is 13.5. The second kappa shape index (κ2) is 5.09. The smallest absolute Gasteiger partial charge is 0.251 e. The molecule has 0 spiro atoms. The standard InChI is InChI=1S/C11H9BrFN3O/c12-9-2-1-8(3-10(9)13)11(17)14-4-7-5-15-16-6-7/h1-3,5-6H,4H2,(H,14,17)(H,15,16). The molecule has 0 fully saturated rings. The van der Waals surface area contributed by atoms with Gasteiger partial charge in [-0.1, -0.05) is 0 Å². The van der Waals surface area contributed by atoms with E-state index in [1.807, 2.05) is 0 Å². The molecule has 1 aromatic heterocycles. The fourth-order valence-corrected chi connectivity index (χ4v) is 1.54. The first-order valence-electron chi connectivity index (χ1n) is 4.88. The molecule has 1 heterocycles. The summed E-state index contributed by atoms with van der Waals surface area (Å²) >= 11 is 3.03. The minimum Gasteiger partial charge on any atom is -0.348 e. The molecular weight excluding hydrogens is 289 g/mol. The van der Waals surface area contributed by atoms with Gasteiger partial charge in [-0.05, 0) is 34.1 Å². The molecule has 2 N–H and O–H groups in total. The second-order valence-electron chi connectivity index (χ2n) is 3.42. The Kier molecular flexibility index (Phi) is 3.53. The number of nitrogens with zero attached hydrogens (tertiary/aromatic N) is 1. The molecule has 0 atom stereocenters. The maximum absolute atomic E-state index is 13.2. The Morgan fingerprint density at radius 1 is 1.53 bits per heavy atom. The Hall–Kier alpha value is -1.69. The predicted molar refractivity (Wildman–Crippen MR) is 63.9 cm³/mol. The first kappa shape index (κ1) is 11.8. The molecule has 0 aliphatic heterocycles. The van der Waals surface area contributed by atoms with Crippen molar-refractivity contribution in [1.29, 1.82) is 0 Å². The number of aromatic amines is 1. The minimum absolute atomic E-state index is 0.286. The van der Waals surface area contributed by atoms with E-state index in [1.54, 1.807) is 18.5 Å². The number of nitrogens with one attached hydrogen (secondary N) is 2. The van der Waals surface area contributed by atoms with E-state index >= 15 is 0 Å². The summed E-state index contributed by atoms with van der Waals surface area (Å²) in [5.74, 6) is -0.779. The Labute approximate surface area is 105 Å². The number of halogens is 2. The van der Waals surface area contributed by atoms with Crippen LogP contribution >= 0.6 is 15.9 Å². The largest absolute Gasteiger partial charge is 0.348 e. The molecule has 1 aromatic carbocycles. The van der Waals surface area contributed by atoms with Gasteiger partial charge in [-0.2, -0.15) is 5.10 Å². The molecule has 4 nitrogen and oxygen atoms in total. The lowest BCUT2D eigenvalue weighted by molar-refractivity contribution is 0.0950. The number of carbonyl (C=O) groups excluding carboxylic acids is 1. The van der Waals surface area contributed by atoms with Crippen molar-refractivity contribution < 1.29 is 9.18 Å². The van der Waals surface area contributed by atoms with E-state index in [2.05, 4.69) is 31.4 Å². The van der Waals surface area contributed by atoms with Gasteiger partial charge in [0.15, 0.2) is 0 Å². The Morgan fingerprint density at radius 2 is 2.35 bits per heavy atom. The van der Waals surface area contributed by atoms with Crippen molar-refractivity contribution in [2.24, 2.45) is 0 Å². The van der Waals surface area contributed by atoms with E-state index in [0.717, 1.165) is 5.56 Å². The average Bonchev–Trinajstić information content (AvgIpc) is 2.82. The fourth-order valence-electron chi connectivity index (χ4n) is 1.30. The number of hydrogen-bond acceptors (Lipinski definition) is 2. The molecule has 17 heavy (non-hydrogen) atoms. The number of rotatable bonds is 3. The van der Waals surface area contributed by atoms with E-state index in [0.29, 0.717) is 11.0 Å². The lowest BCUT2D eigenvalue weighted by Gasteiger charge is -2.04. The molecule has 1 amide bonds. The lowest BCUT2D eigenvalue weighted by Crippen LogP contribution is -2.22. The zero-order valence-electron chi connectivity index (χ0n) is 8.71. The van der Waals surface area contributed by atoms with Gasteiger partial charge in [0.25, 0.3) is 5.91 Å². The molecule has 2 aromatic rings. The summed E-state index contributed by atoms with van der Waals surface area (Å²) in [5, 5.41) is 9.07. The maximum Gasteiger partial charge on any atom is 0.251 e. The van der Waals surface area contributed by atoms with Crippen LogP contribution < -0.4 is 5.32 Å². The highest BCUT2D eigenvalue weighted by molar-refractivity contribution is 9.10. The van der Waals surface area contributed by atoms with Crippen molar-refractivity contribution in [3.05, 3.63) is 52.0 Å². The van der Waals surface area contributed by atoms with Gasteiger partial charge in [0.05, 0.1) is 10.7 Å². The Balaban J connectivity index is 2.02. The van der Waals surface area contributed by atoms with Crippen molar-refractivity contribution in [3.8, 4) is 0 Å². The van der Waals surface area contributed by atoms with Gasteiger partial charge in [-0.3, -0.25) is 9.89 Å². The highest BCUT2D eigenvalue weighted by Gasteiger charge is 2.08. The van der Waals surface area contributed by atoms with E-state index in [-0.39, 0.29) is 11.5 Å². The van der Waals surface area contributed by atoms with Crippen molar-refractivity contribution in [2.45, 2.75) is 6.54 Å². The van der Waals surface area contributed by atoms with Crippen LogP contribution in [0.1, 0.15) is 15.9 Å². The molecule has 0 aliphatic rings. The Bertz CT molecular complexity index is 528. The zero-order valence-corrected chi connectivity index (χ0v) is 10.3. The fraction of sp³-hybridized carbons (Fsp3) is 0.0909. The zero-order chi connectivity index (χ0) is 12.3. The van der Waals surface area contributed by atoms with Gasteiger partial charge in [0.1, 0.15) is 5.82 Å². The number of H-pyrrole nitrogens is 1. The van der Waals surface area contributed by atoms with Gasteiger partial charge in [-0.15, -0.1) is 0 Å². The van der Waals surface area contributed by atoms with Crippen molar-refractivity contribution in [3.63, 3.8) is 0 Å². The molecule has 0 unspecified atom stereocenters. The third kappa shape index (κ3) is 2.91. The van der Waals surface area contributed by atoms with Crippen LogP contribution in [0.25, 0.3) is 0 Å². The minimum atomic E-state index is -0.457. The van der Waals surface area contributed by atoms with Crippen LogP contribution in [0, 0.1) is 5.82 Å². The third-order valence-electron chi connectivity index (χ3n) is 2.19. The molecule has 2 rings (SSSR count). The van der Waals surface area contributed by atoms with Gasteiger partial charge in [0.2, 0.25) is 0 Å². The first-order valence-corrected chi connectivity index (χ1v) is 5.67. The molecular formula is C11H9BrFN3O. The number of aromatic nitrogens is 2. The number of benzene rings is 1. The van der Waals surface area contributed by atoms with Gasteiger partial charge in [0, 0.05) is 23.9 Å². The SMILES string of the molecule is O=C(NCc1cn[nH]c1)c1ccc(Br)c(F)c1. The highest BCUT2D eigenvalue weighted by Crippen LogP contribution is 2.16. The molecule has 88 valence electrons. The Morgan fingerprint density at radius 3 is 3.00 bits per heavy atom. The van der Waals surface area contributed by atoms with Crippen LogP contribution in [-0.2, 0) is 6.54 Å². The molecule has 0 saturated heterocycles. The first-order chi connectivity index (χ1) is 8.16. The van der Waals surface area contributed by atoms with E-state index < -0.39 is 5.82 Å². The van der Waals surface area contributed by atoms with Gasteiger partial charge < -0.3 is 5.32 Å². The average molecular weight is 298 g/mol. The summed E-state index contributed by atoms with van der Waals surface area (Å²) in [4.78, 5) is 11.7. The van der Waals surface area contributed by atoms with E-state index in [1.165, 1.54) is 12.1 Å². The normalized spacial score (nSPS) is 10.2. The molecule has 0 radical (unpaired) electrons. The molecule has 0 bridgehead atoms. The summed E-state index contributed by atoms with van der Waals surface area (Å²) in [6, 6.07) is 4.24. The predicted octanol–water partition coefficient (Wildman–Crippen LogP) is 2.24. The quantitative estimate of drug-likeness (QED) is 0.913. The molecule has 0 saturated carbocycles. The van der Waals surface area contributed by atoms with Crippen molar-refractivity contribution in [2.75, 3.05) is 0 Å². The van der Waals surface area contributed by atoms with E-state index in [4.69, 9.17) is 0 Å². The highest BCUT2D eigenvalue weighted by atomic mass is 79.9. The summed E-state index contributed by atoms with van der Waals surface area (Å²) in [5.41, 5.74) is 1.14. The van der Waals surface area contributed by atoms with Crippen molar-refractivity contribution in [1.82, 2.24) is 15.5 Å². The maximum atomic E-state index is 13.2. The van der Waals surface area contributed by atoms with Gasteiger partial charge in [-0.25, -0.2) is 4.39 Å². The third-order valence-corrected chi connectivity index (χ3v) is 2.83. The van der Waals surface area contributed by atoms with Crippen LogP contribution in [0.4, 0.5) is 4.39 Å². The second-order valence-corrected chi connectivity index (χ2v) is 4.27. The van der Waals surface area contributed by atoms with Crippen LogP contribution in [0.2, 0.25) is 0 Å². The van der Waals surface area contributed by atoms with Gasteiger partial charge >= 0.3 is 0 Å². The van der Waals surface area contributed by atoms with Crippen LogP contribution in [0.3, 0.4) is 0 Å². The van der Waals surface area contributed by atoms with Crippen molar-refractivity contribution >= 4 is 21.8 Å². The lowest BCUT2D eigenvalue weighted by atomic mass is 10.2. The number of carbonyl (C=O) groups is 1. The van der Waals surface area contributed by atoms with Crippen LogP contribution in [0.15, 0.2) is 35.1 Å². The monoisotopic (exact) mass is 297 g/mol. The molecule has 0 aliphatic carbocycles. The number of hydrogen-bond donors (Lipinski definition) is 2. The number of amides is 1. The summed E-state index contributed by atoms with van der Waals surface area (Å²) in [7, 11) is 0. The topological polar surface area (TPSA) is 57.8 Å².